The molecular formula is C3H7NOPb. The summed E-state index contributed by atoms with van der Waals surface area (Å²) in [5.41, 5.74) is 4.53. The number of hydrogen-bond donors (Lipinski definition) is 1. The summed E-state index contributed by atoms with van der Waals surface area (Å²) in [5.74, 6) is -0.481. The van der Waals surface area contributed by atoms with Crippen molar-refractivity contribution in [3.63, 3.8) is 0 Å². The molecule has 0 saturated carbocycles. The first-order chi connectivity index (χ1) is 2.27. The molecule has 0 atom stereocenters. The van der Waals surface area contributed by atoms with Crippen molar-refractivity contribution in [2.75, 3.05) is 0 Å². The SMILES string of the molecule is C=CC(N)=O.[PbH2]. The van der Waals surface area contributed by atoms with Crippen molar-refractivity contribution in [2.45, 2.75) is 0 Å². The molecule has 2 radical (unpaired) electrons. The fourth-order valence-electron chi connectivity index (χ4n) is 0. The summed E-state index contributed by atoms with van der Waals surface area (Å²) < 4.78 is 0. The van der Waals surface area contributed by atoms with Gasteiger partial charge in [-0.25, -0.2) is 0 Å². The summed E-state index contributed by atoms with van der Waals surface area (Å²) in [4.78, 5) is 9.47. The Morgan fingerprint density at radius 3 is 2.00 bits per heavy atom. The summed E-state index contributed by atoms with van der Waals surface area (Å²) in [7, 11) is 0. The zero-order valence-electron chi connectivity index (χ0n) is 3.48. The van der Waals surface area contributed by atoms with Crippen molar-refractivity contribution in [2.24, 2.45) is 5.73 Å². The molecule has 0 aromatic carbocycles. The molecule has 3 heteroatoms. The molecule has 0 fully saturated rings. The van der Waals surface area contributed by atoms with Crippen LogP contribution < -0.4 is 5.73 Å². The number of amides is 1. The Balaban J connectivity index is 0. The molecule has 0 unspecified atom stereocenters. The molecular weight excluding hydrogens is 273 g/mol. The van der Waals surface area contributed by atoms with E-state index in [1.807, 2.05) is 0 Å². The second kappa shape index (κ2) is 5.13. The van der Waals surface area contributed by atoms with Gasteiger partial charge in [-0.2, -0.15) is 0 Å². The Morgan fingerprint density at radius 1 is 1.83 bits per heavy atom. The van der Waals surface area contributed by atoms with Crippen LogP contribution in [-0.4, -0.2) is 33.2 Å². The maximum absolute atomic E-state index is 9.47. The van der Waals surface area contributed by atoms with Gasteiger partial charge >= 0.3 is 27.3 Å². The molecule has 0 heterocycles. The Hall–Kier alpha value is 0.132. The fourth-order valence-corrected chi connectivity index (χ4v) is 0. The van der Waals surface area contributed by atoms with Gasteiger partial charge in [0.05, 0.1) is 0 Å². The van der Waals surface area contributed by atoms with Gasteiger partial charge in [0.25, 0.3) is 0 Å². The van der Waals surface area contributed by atoms with Crippen molar-refractivity contribution in [3.8, 4) is 0 Å². The minimum atomic E-state index is -0.481. The van der Waals surface area contributed by atoms with E-state index in [1.54, 1.807) is 0 Å². The third-order valence-corrected chi connectivity index (χ3v) is 0.201. The van der Waals surface area contributed by atoms with Gasteiger partial charge in [0.1, 0.15) is 0 Å². The van der Waals surface area contributed by atoms with Crippen molar-refractivity contribution < 1.29 is 4.79 Å². The van der Waals surface area contributed by atoms with Gasteiger partial charge in [-0.15, -0.1) is 0 Å². The zero-order chi connectivity index (χ0) is 4.28. The molecule has 0 spiro atoms. The van der Waals surface area contributed by atoms with Crippen molar-refractivity contribution in [3.05, 3.63) is 12.7 Å². The maximum atomic E-state index is 9.47. The van der Waals surface area contributed by atoms with E-state index in [0.717, 1.165) is 6.08 Å². The Kier molecular flexibility index (Phi) is 8.09. The first-order valence-corrected chi connectivity index (χ1v) is 1.19. The van der Waals surface area contributed by atoms with E-state index >= 15 is 0 Å². The summed E-state index contributed by atoms with van der Waals surface area (Å²) >= 11 is 0. The van der Waals surface area contributed by atoms with E-state index < -0.39 is 5.91 Å². The van der Waals surface area contributed by atoms with Crippen LogP contribution in [0.2, 0.25) is 0 Å². The second-order valence-corrected chi connectivity index (χ2v) is 0.606. The van der Waals surface area contributed by atoms with Crippen LogP contribution in [-0.2, 0) is 4.79 Å². The van der Waals surface area contributed by atoms with Gasteiger partial charge in [0.15, 0.2) is 0 Å². The summed E-state index contributed by atoms with van der Waals surface area (Å²) in [6.45, 7) is 3.09. The first-order valence-electron chi connectivity index (χ1n) is 1.19. The second-order valence-electron chi connectivity index (χ2n) is 0.606. The summed E-state index contributed by atoms with van der Waals surface area (Å²) in [5, 5.41) is 0. The van der Waals surface area contributed by atoms with Gasteiger partial charge in [0.2, 0.25) is 5.91 Å². The molecule has 0 aromatic heterocycles. The molecule has 0 aliphatic heterocycles. The molecule has 0 rings (SSSR count). The normalized spacial score (nSPS) is 5.33. The average molecular weight is 280 g/mol. The van der Waals surface area contributed by atoms with E-state index in [-0.39, 0.29) is 27.3 Å². The van der Waals surface area contributed by atoms with Gasteiger partial charge in [-0.1, -0.05) is 6.58 Å². The van der Waals surface area contributed by atoms with Crippen molar-refractivity contribution in [1.82, 2.24) is 0 Å². The van der Waals surface area contributed by atoms with Crippen LogP contribution in [0.5, 0.6) is 0 Å². The van der Waals surface area contributed by atoms with Gasteiger partial charge < -0.3 is 5.73 Å². The van der Waals surface area contributed by atoms with Crippen molar-refractivity contribution >= 4 is 33.2 Å². The van der Waals surface area contributed by atoms with Gasteiger partial charge in [-0.05, 0) is 6.08 Å². The minimum absolute atomic E-state index is 0. The predicted octanol–water partition coefficient (Wildman–Crippen LogP) is -1.26. The number of carbonyl (C=O) groups is 1. The third kappa shape index (κ3) is 8.92. The number of rotatable bonds is 1. The topological polar surface area (TPSA) is 43.1 Å². The van der Waals surface area contributed by atoms with Crippen LogP contribution in [0.3, 0.4) is 0 Å². The van der Waals surface area contributed by atoms with E-state index in [4.69, 9.17) is 0 Å². The Labute approximate surface area is 56.6 Å². The predicted molar refractivity (Wildman–Crippen MR) is 27.9 cm³/mol. The van der Waals surface area contributed by atoms with Crippen LogP contribution in [0.15, 0.2) is 12.7 Å². The fraction of sp³-hybridized carbons (Fsp3) is 0. The van der Waals surface area contributed by atoms with E-state index in [1.165, 1.54) is 0 Å². The summed E-state index contributed by atoms with van der Waals surface area (Å²) in [6, 6.07) is 0. The monoisotopic (exact) mass is 281 g/mol. The molecule has 2 nitrogen and oxygen atoms in total. The number of carbonyl (C=O) groups excluding carboxylic acids is 1. The van der Waals surface area contributed by atoms with Crippen LogP contribution in [0.1, 0.15) is 0 Å². The number of hydrogen-bond acceptors (Lipinski definition) is 1. The van der Waals surface area contributed by atoms with E-state index in [0.29, 0.717) is 0 Å². The molecule has 0 aliphatic carbocycles. The molecule has 0 saturated heterocycles. The molecule has 6 heavy (non-hydrogen) atoms. The summed E-state index contributed by atoms with van der Waals surface area (Å²) in [6.07, 6.45) is 1.06. The van der Waals surface area contributed by atoms with Crippen molar-refractivity contribution in [1.29, 1.82) is 0 Å². The van der Waals surface area contributed by atoms with Crippen LogP contribution >= 0.6 is 0 Å². The molecule has 0 aromatic rings. The van der Waals surface area contributed by atoms with Gasteiger partial charge in [0, 0.05) is 0 Å². The molecule has 1 amide bonds. The molecule has 0 aliphatic rings. The zero-order valence-corrected chi connectivity index (χ0v) is 8.97. The van der Waals surface area contributed by atoms with Crippen LogP contribution in [0.25, 0.3) is 0 Å². The van der Waals surface area contributed by atoms with E-state index in [2.05, 4.69) is 12.3 Å². The molecule has 34 valence electrons. The standard InChI is InChI=1S/C3H5NO.Pb.2H/c1-2-3(4)5;;;/h2H,1H2,(H2,4,5);;;. The number of nitrogens with two attached hydrogens (primary N) is 1. The van der Waals surface area contributed by atoms with Gasteiger partial charge in [-0.3, -0.25) is 4.79 Å². The Morgan fingerprint density at radius 2 is 2.00 bits per heavy atom. The first kappa shape index (κ1) is 9.46. The van der Waals surface area contributed by atoms with Crippen LogP contribution in [0, 0.1) is 0 Å². The average Bonchev–Trinajstić information content (AvgIpc) is 1.38. The molecule has 0 bridgehead atoms. The van der Waals surface area contributed by atoms with Crippen LogP contribution in [0.4, 0.5) is 0 Å². The number of primary amides is 1. The quantitative estimate of drug-likeness (QED) is 0.473. The molecule has 2 N–H and O–H groups in total. The Bertz CT molecular complexity index is 61.8. The van der Waals surface area contributed by atoms with E-state index in [9.17, 15) is 4.79 Å². The third-order valence-electron chi connectivity index (χ3n) is 0.201.